The topological polar surface area (TPSA) is 81.1 Å². The highest BCUT2D eigenvalue weighted by atomic mass is 16.2. The van der Waals surface area contributed by atoms with Crippen LogP contribution >= 0.6 is 0 Å². The van der Waals surface area contributed by atoms with Crippen LogP contribution in [-0.2, 0) is 0 Å². The van der Waals surface area contributed by atoms with Crippen LogP contribution in [0.4, 0.5) is 10.5 Å². The van der Waals surface area contributed by atoms with E-state index < -0.39 is 6.03 Å². The lowest BCUT2D eigenvalue weighted by atomic mass is 10.1. The van der Waals surface area contributed by atoms with Crippen LogP contribution in [0.2, 0.25) is 0 Å². The van der Waals surface area contributed by atoms with E-state index in [1.54, 1.807) is 0 Å². The maximum atomic E-state index is 10.7. The second-order valence-corrected chi connectivity index (χ2v) is 3.04. The van der Waals surface area contributed by atoms with Gasteiger partial charge in [0.1, 0.15) is 0 Å². The van der Waals surface area contributed by atoms with Gasteiger partial charge in [0.25, 0.3) is 0 Å². The van der Waals surface area contributed by atoms with E-state index >= 15 is 0 Å². The number of nitrogens with two attached hydrogens (primary N) is 2. The quantitative estimate of drug-likeness (QED) is 0.590. The number of aryl methyl sites for hydroxylation is 1. The lowest BCUT2D eigenvalue weighted by Crippen LogP contribution is -2.20. The maximum absolute atomic E-state index is 10.7. The Labute approximate surface area is 88.6 Å². The first-order chi connectivity index (χ1) is 7.13. The first-order valence-electron chi connectivity index (χ1n) is 4.49. The molecule has 0 fully saturated rings. The largest absolute Gasteiger partial charge is 0.351 e. The molecule has 1 aromatic carbocycles. The molecule has 78 valence electrons. The summed E-state index contributed by atoms with van der Waals surface area (Å²) in [7, 11) is 0. The molecule has 2 amide bonds. The standard InChI is InChI=1S/C11H13N3O/c1-8-4-5-9(3-2-6-12)10(7-8)14-11(13)15/h4-5,7H,6,12H2,1H3,(H3,13,14,15). The number of amides is 2. The van der Waals surface area contributed by atoms with E-state index in [9.17, 15) is 4.79 Å². The molecule has 0 heterocycles. The van der Waals surface area contributed by atoms with E-state index in [4.69, 9.17) is 11.5 Å². The molecule has 0 atom stereocenters. The monoisotopic (exact) mass is 203 g/mol. The van der Waals surface area contributed by atoms with Crippen molar-refractivity contribution in [2.24, 2.45) is 11.5 Å². The summed E-state index contributed by atoms with van der Waals surface area (Å²) in [4.78, 5) is 10.7. The summed E-state index contributed by atoms with van der Waals surface area (Å²) in [5, 5.41) is 2.52. The van der Waals surface area contributed by atoms with Crippen LogP contribution in [0.5, 0.6) is 0 Å². The minimum atomic E-state index is -0.601. The highest BCUT2D eigenvalue weighted by Gasteiger charge is 2.02. The number of carbonyl (C=O) groups excluding carboxylic acids is 1. The predicted molar refractivity (Wildman–Crippen MR) is 60.3 cm³/mol. The molecular weight excluding hydrogens is 190 g/mol. The molecule has 4 heteroatoms. The average Bonchev–Trinajstić information content (AvgIpc) is 2.16. The van der Waals surface area contributed by atoms with Crippen LogP contribution in [0.15, 0.2) is 18.2 Å². The van der Waals surface area contributed by atoms with Crippen molar-refractivity contribution in [2.45, 2.75) is 6.92 Å². The van der Waals surface area contributed by atoms with Crippen molar-refractivity contribution in [1.29, 1.82) is 0 Å². The second-order valence-electron chi connectivity index (χ2n) is 3.04. The summed E-state index contributed by atoms with van der Waals surface area (Å²) < 4.78 is 0. The van der Waals surface area contributed by atoms with E-state index in [0.29, 0.717) is 11.3 Å². The number of urea groups is 1. The molecule has 0 saturated carbocycles. The van der Waals surface area contributed by atoms with Crippen molar-refractivity contribution >= 4 is 11.7 Å². The van der Waals surface area contributed by atoms with Gasteiger partial charge in [0.2, 0.25) is 0 Å². The van der Waals surface area contributed by atoms with E-state index in [0.717, 1.165) is 5.56 Å². The van der Waals surface area contributed by atoms with Gasteiger partial charge in [0, 0.05) is 5.56 Å². The number of benzene rings is 1. The molecule has 0 aromatic heterocycles. The number of anilines is 1. The predicted octanol–water partition coefficient (Wildman–Crippen LogP) is 0.796. The maximum Gasteiger partial charge on any atom is 0.316 e. The van der Waals surface area contributed by atoms with Crippen LogP contribution in [0.3, 0.4) is 0 Å². The Balaban J connectivity index is 3.08. The fourth-order valence-electron chi connectivity index (χ4n) is 1.15. The van der Waals surface area contributed by atoms with Crippen LogP contribution in [-0.4, -0.2) is 12.6 Å². The van der Waals surface area contributed by atoms with Crippen LogP contribution in [0.1, 0.15) is 11.1 Å². The highest BCUT2D eigenvalue weighted by molar-refractivity contribution is 5.89. The Hall–Kier alpha value is -1.99. The lowest BCUT2D eigenvalue weighted by Gasteiger charge is -2.05. The van der Waals surface area contributed by atoms with Crippen LogP contribution in [0, 0.1) is 18.8 Å². The zero-order valence-corrected chi connectivity index (χ0v) is 8.50. The van der Waals surface area contributed by atoms with Gasteiger partial charge in [-0.05, 0) is 24.6 Å². The van der Waals surface area contributed by atoms with Crippen molar-refractivity contribution in [3.8, 4) is 11.8 Å². The Morgan fingerprint density at radius 2 is 2.27 bits per heavy atom. The molecule has 0 spiro atoms. The van der Waals surface area contributed by atoms with E-state index in [-0.39, 0.29) is 6.54 Å². The summed E-state index contributed by atoms with van der Waals surface area (Å²) in [5.74, 6) is 5.58. The molecule has 0 unspecified atom stereocenters. The number of rotatable bonds is 1. The minimum Gasteiger partial charge on any atom is -0.351 e. The molecule has 5 N–H and O–H groups in total. The molecule has 0 aliphatic heterocycles. The molecule has 0 bridgehead atoms. The van der Waals surface area contributed by atoms with E-state index in [2.05, 4.69) is 17.2 Å². The summed E-state index contributed by atoms with van der Waals surface area (Å²) in [6.45, 7) is 2.20. The zero-order chi connectivity index (χ0) is 11.3. The van der Waals surface area contributed by atoms with E-state index in [1.807, 2.05) is 25.1 Å². The van der Waals surface area contributed by atoms with Crippen LogP contribution in [0.25, 0.3) is 0 Å². The Morgan fingerprint density at radius 3 is 2.87 bits per heavy atom. The number of carbonyl (C=O) groups is 1. The minimum absolute atomic E-state index is 0.282. The van der Waals surface area contributed by atoms with Gasteiger partial charge in [-0.3, -0.25) is 0 Å². The van der Waals surface area contributed by atoms with Gasteiger partial charge in [-0.2, -0.15) is 0 Å². The van der Waals surface area contributed by atoms with E-state index in [1.165, 1.54) is 0 Å². The Morgan fingerprint density at radius 1 is 1.53 bits per heavy atom. The molecule has 15 heavy (non-hydrogen) atoms. The third kappa shape index (κ3) is 3.33. The molecule has 1 aromatic rings. The fourth-order valence-corrected chi connectivity index (χ4v) is 1.15. The summed E-state index contributed by atoms with van der Waals surface area (Å²) in [6.07, 6.45) is 0. The number of hydrogen-bond acceptors (Lipinski definition) is 2. The first kappa shape index (κ1) is 11.1. The number of primary amides is 1. The normalized spacial score (nSPS) is 8.93. The van der Waals surface area contributed by atoms with Crippen molar-refractivity contribution in [3.05, 3.63) is 29.3 Å². The molecule has 0 aliphatic carbocycles. The van der Waals surface area contributed by atoms with Crippen molar-refractivity contribution in [1.82, 2.24) is 0 Å². The third-order valence-electron chi connectivity index (χ3n) is 1.76. The fraction of sp³-hybridized carbons (Fsp3) is 0.182. The van der Waals surface area contributed by atoms with Crippen molar-refractivity contribution in [3.63, 3.8) is 0 Å². The summed E-state index contributed by atoms with van der Waals surface area (Å²) in [6, 6.07) is 4.94. The summed E-state index contributed by atoms with van der Waals surface area (Å²) in [5.41, 5.74) is 12.7. The molecular formula is C11H13N3O. The Kier molecular flexibility index (Phi) is 3.72. The number of nitrogens with one attached hydrogen (secondary N) is 1. The number of hydrogen-bond donors (Lipinski definition) is 3. The van der Waals surface area contributed by atoms with Gasteiger partial charge in [-0.1, -0.05) is 17.9 Å². The van der Waals surface area contributed by atoms with Crippen molar-refractivity contribution in [2.75, 3.05) is 11.9 Å². The second kappa shape index (κ2) is 5.03. The van der Waals surface area contributed by atoms with Gasteiger partial charge < -0.3 is 16.8 Å². The Bertz CT molecular complexity index is 429. The molecule has 4 nitrogen and oxygen atoms in total. The SMILES string of the molecule is Cc1ccc(C#CCN)c(NC(N)=O)c1. The highest BCUT2D eigenvalue weighted by Crippen LogP contribution is 2.16. The van der Waals surface area contributed by atoms with Gasteiger partial charge in [0.05, 0.1) is 12.2 Å². The smallest absolute Gasteiger partial charge is 0.316 e. The lowest BCUT2D eigenvalue weighted by molar-refractivity contribution is 0.259. The average molecular weight is 203 g/mol. The third-order valence-corrected chi connectivity index (χ3v) is 1.76. The van der Waals surface area contributed by atoms with Gasteiger partial charge in [-0.15, -0.1) is 0 Å². The molecule has 0 radical (unpaired) electrons. The first-order valence-corrected chi connectivity index (χ1v) is 4.49. The van der Waals surface area contributed by atoms with Gasteiger partial charge >= 0.3 is 6.03 Å². The zero-order valence-electron chi connectivity index (χ0n) is 8.50. The molecule has 1 rings (SSSR count). The van der Waals surface area contributed by atoms with Crippen molar-refractivity contribution < 1.29 is 4.79 Å². The van der Waals surface area contributed by atoms with Crippen LogP contribution < -0.4 is 16.8 Å². The molecule has 0 aliphatic rings. The van der Waals surface area contributed by atoms with Gasteiger partial charge in [0.15, 0.2) is 0 Å². The van der Waals surface area contributed by atoms with Gasteiger partial charge in [-0.25, -0.2) is 4.79 Å². The molecule has 0 saturated heterocycles. The summed E-state index contributed by atoms with van der Waals surface area (Å²) >= 11 is 0.